The van der Waals surface area contributed by atoms with E-state index in [9.17, 15) is 8.42 Å². The number of hydrogen-bond acceptors (Lipinski definition) is 5. The van der Waals surface area contributed by atoms with E-state index in [1.807, 2.05) is 12.1 Å². The molecule has 2 heterocycles. The van der Waals surface area contributed by atoms with Crippen molar-refractivity contribution < 1.29 is 12.8 Å². The van der Waals surface area contributed by atoms with Crippen LogP contribution in [0, 0.1) is 0 Å². The average molecular weight is 423 g/mol. The van der Waals surface area contributed by atoms with Crippen LogP contribution in [0.15, 0.2) is 52.0 Å². The van der Waals surface area contributed by atoms with E-state index in [1.165, 1.54) is 31.2 Å². The number of benzene rings is 1. The molecule has 2 N–H and O–H groups in total. The molecule has 1 aromatic carbocycles. The van der Waals surface area contributed by atoms with Crippen LogP contribution in [0.3, 0.4) is 0 Å². The molecular formula is C19H26N4O3S2. The highest BCUT2D eigenvalue weighted by Gasteiger charge is 2.25. The molecule has 1 aliphatic heterocycles. The SMILES string of the molecule is CN(C)S(=O)(=O)c1cccc(NC(=S)NCC(c2ccco2)N2CCCC2)c1. The van der Waals surface area contributed by atoms with Gasteiger partial charge < -0.3 is 15.1 Å². The molecule has 0 amide bonds. The van der Waals surface area contributed by atoms with Gasteiger partial charge in [0, 0.05) is 26.3 Å². The van der Waals surface area contributed by atoms with Crippen molar-refractivity contribution >= 4 is 33.0 Å². The molecule has 1 unspecified atom stereocenters. The first-order valence-electron chi connectivity index (χ1n) is 9.23. The Morgan fingerprint density at radius 1 is 1.25 bits per heavy atom. The lowest BCUT2D eigenvalue weighted by atomic mass is 10.2. The predicted molar refractivity (Wildman–Crippen MR) is 114 cm³/mol. The Hall–Kier alpha value is -1.94. The van der Waals surface area contributed by atoms with Gasteiger partial charge >= 0.3 is 0 Å². The number of anilines is 1. The molecule has 0 saturated carbocycles. The summed E-state index contributed by atoms with van der Waals surface area (Å²) in [6.45, 7) is 2.68. The summed E-state index contributed by atoms with van der Waals surface area (Å²) in [5.41, 5.74) is 0.621. The van der Waals surface area contributed by atoms with Gasteiger partial charge in [-0.15, -0.1) is 0 Å². The molecule has 0 radical (unpaired) electrons. The maximum atomic E-state index is 12.3. The summed E-state index contributed by atoms with van der Waals surface area (Å²) in [7, 11) is -0.474. The second-order valence-corrected chi connectivity index (χ2v) is 9.48. The highest BCUT2D eigenvalue weighted by Crippen LogP contribution is 2.25. The highest BCUT2D eigenvalue weighted by molar-refractivity contribution is 7.89. The van der Waals surface area contributed by atoms with E-state index in [0.29, 0.717) is 17.3 Å². The van der Waals surface area contributed by atoms with Gasteiger partial charge in [0.05, 0.1) is 17.2 Å². The number of nitrogens with one attached hydrogen (secondary N) is 2. The average Bonchev–Trinajstić information content (AvgIpc) is 3.36. The van der Waals surface area contributed by atoms with Crippen molar-refractivity contribution in [2.24, 2.45) is 0 Å². The van der Waals surface area contributed by atoms with Crippen LogP contribution in [0.25, 0.3) is 0 Å². The Labute approximate surface area is 171 Å². The fourth-order valence-corrected chi connectivity index (χ4v) is 4.40. The van der Waals surface area contributed by atoms with Crippen molar-refractivity contribution in [3.63, 3.8) is 0 Å². The minimum Gasteiger partial charge on any atom is -0.468 e. The molecule has 152 valence electrons. The second kappa shape index (κ2) is 9.04. The first kappa shape index (κ1) is 20.8. The molecule has 9 heteroatoms. The lowest BCUT2D eigenvalue weighted by Crippen LogP contribution is -2.38. The summed E-state index contributed by atoms with van der Waals surface area (Å²) in [5, 5.41) is 6.75. The summed E-state index contributed by atoms with van der Waals surface area (Å²) < 4.78 is 31.4. The normalized spacial score (nSPS) is 16.2. The molecule has 3 rings (SSSR count). The van der Waals surface area contributed by atoms with Crippen LogP contribution in [-0.4, -0.2) is 56.5 Å². The van der Waals surface area contributed by atoms with Gasteiger partial charge in [0.2, 0.25) is 10.0 Å². The molecule has 2 aromatic rings. The van der Waals surface area contributed by atoms with Gasteiger partial charge in [-0.2, -0.15) is 0 Å². The minimum atomic E-state index is -3.49. The van der Waals surface area contributed by atoms with Crippen molar-refractivity contribution in [1.82, 2.24) is 14.5 Å². The number of hydrogen-bond donors (Lipinski definition) is 2. The van der Waals surface area contributed by atoms with Gasteiger partial charge in [-0.05, 0) is 68.5 Å². The fourth-order valence-electron chi connectivity index (χ4n) is 3.25. The van der Waals surface area contributed by atoms with E-state index in [0.717, 1.165) is 18.8 Å². The molecule has 1 aromatic heterocycles. The zero-order valence-corrected chi connectivity index (χ0v) is 17.7. The lowest BCUT2D eigenvalue weighted by molar-refractivity contribution is 0.216. The van der Waals surface area contributed by atoms with Gasteiger partial charge in [0.15, 0.2) is 5.11 Å². The van der Waals surface area contributed by atoms with Crippen molar-refractivity contribution in [1.29, 1.82) is 0 Å². The summed E-state index contributed by atoms with van der Waals surface area (Å²) in [6.07, 6.45) is 4.06. The maximum absolute atomic E-state index is 12.3. The zero-order chi connectivity index (χ0) is 20.1. The van der Waals surface area contributed by atoms with Gasteiger partial charge in [-0.3, -0.25) is 4.90 Å². The molecule has 1 saturated heterocycles. The Morgan fingerprint density at radius 3 is 2.64 bits per heavy atom. The molecule has 0 spiro atoms. The van der Waals surface area contributed by atoms with Crippen molar-refractivity contribution in [3.8, 4) is 0 Å². The number of likely N-dealkylation sites (tertiary alicyclic amines) is 1. The minimum absolute atomic E-state index is 0.109. The zero-order valence-electron chi connectivity index (χ0n) is 16.1. The predicted octanol–water partition coefficient (Wildman–Crippen LogP) is 2.65. The smallest absolute Gasteiger partial charge is 0.242 e. The molecule has 1 atom stereocenters. The number of nitrogens with zero attached hydrogens (tertiary/aromatic N) is 2. The monoisotopic (exact) mass is 422 g/mol. The summed E-state index contributed by atoms with van der Waals surface area (Å²) >= 11 is 5.42. The summed E-state index contributed by atoms with van der Waals surface area (Å²) in [6, 6.07) is 10.6. The summed E-state index contributed by atoms with van der Waals surface area (Å²) in [5.74, 6) is 0.913. The van der Waals surface area contributed by atoms with Crippen molar-refractivity contribution in [2.45, 2.75) is 23.8 Å². The van der Waals surface area contributed by atoms with Crippen LogP contribution in [0.2, 0.25) is 0 Å². The first-order valence-corrected chi connectivity index (χ1v) is 11.1. The van der Waals surface area contributed by atoms with E-state index < -0.39 is 10.0 Å². The largest absolute Gasteiger partial charge is 0.468 e. The van der Waals surface area contributed by atoms with Crippen LogP contribution in [-0.2, 0) is 10.0 Å². The van der Waals surface area contributed by atoms with Gasteiger partial charge in [0.25, 0.3) is 0 Å². The quantitative estimate of drug-likeness (QED) is 0.664. The van der Waals surface area contributed by atoms with Gasteiger partial charge in [0.1, 0.15) is 5.76 Å². The standard InChI is InChI=1S/C19H26N4O3S2/c1-22(2)28(24,25)16-8-5-7-15(13-16)21-19(27)20-14-17(18-9-6-12-26-18)23-10-3-4-11-23/h5-9,12-13,17H,3-4,10-11,14H2,1-2H3,(H2,20,21,27). The van der Waals surface area contributed by atoms with Gasteiger partial charge in [-0.1, -0.05) is 6.07 Å². The molecule has 1 aliphatic rings. The van der Waals surface area contributed by atoms with Crippen LogP contribution >= 0.6 is 12.2 Å². The molecule has 28 heavy (non-hydrogen) atoms. The highest BCUT2D eigenvalue weighted by atomic mass is 32.2. The van der Waals surface area contributed by atoms with Crippen molar-refractivity contribution in [2.75, 3.05) is 39.0 Å². The lowest BCUT2D eigenvalue weighted by Gasteiger charge is -2.26. The molecule has 7 nitrogen and oxygen atoms in total. The Bertz CT molecular complexity index is 892. The molecular weight excluding hydrogens is 396 g/mol. The Morgan fingerprint density at radius 2 is 2.00 bits per heavy atom. The number of thiocarbonyl (C=S) groups is 1. The van der Waals surface area contributed by atoms with Crippen molar-refractivity contribution in [3.05, 3.63) is 48.4 Å². The molecule has 0 bridgehead atoms. The Kier molecular flexibility index (Phi) is 6.71. The number of furan rings is 1. The van der Waals surface area contributed by atoms with Crippen LogP contribution in [0.5, 0.6) is 0 Å². The summed E-state index contributed by atoms with van der Waals surface area (Å²) in [4.78, 5) is 2.61. The first-order chi connectivity index (χ1) is 13.4. The van der Waals surface area contributed by atoms with E-state index in [2.05, 4.69) is 15.5 Å². The maximum Gasteiger partial charge on any atom is 0.242 e. The third-order valence-corrected chi connectivity index (χ3v) is 6.84. The van der Waals surface area contributed by atoms with E-state index in [1.54, 1.807) is 30.5 Å². The number of sulfonamides is 1. The third kappa shape index (κ3) is 4.91. The van der Waals surface area contributed by atoms with Crippen LogP contribution in [0.1, 0.15) is 24.6 Å². The van der Waals surface area contributed by atoms with E-state index in [4.69, 9.17) is 16.6 Å². The second-order valence-electron chi connectivity index (χ2n) is 6.92. The third-order valence-electron chi connectivity index (χ3n) is 4.78. The van der Waals surface area contributed by atoms with Crippen LogP contribution < -0.4 is 10.6 Å². The molecule has 1 fully saturated rings. The van der Waals surface area contributed by atoms with Gasteiger partial charge in [-0.25, -0.2) is 12.7 Å². The fraction of sp³-hybridized carbons (Fsp3) is 0.421. The Balaban J connectivity index is 1.64. The number of rotatable bonds is 7. The van der Waals surface area contributed by atoms with Crippen LogP contribution in [0.4, 0.5) is 5.69 Å². The molecule has 0 aliphatic carbocycles. The van der Waals surface area contributed by atoms with E-state index in [-0.39, 0.29) is 10.9 Å². The van der Waals surface area contributed by atoms with E-state index >= 15 is 0 Å². The topological polar surface area (TPSA) is 77.8 Å².